The van der Waals surface area contributed by atoms with Gasteiger partial charge in [-0.3, -0.25) is 0 Å². The maximum absolute atomic E-state index is 4.92. The highest BCUT2D eigenvalue weighted by molar-refractivity contribution is 7.94. The summed E-state index contributed by atoms with van der Waals surface area (Å²) in [7, 11) is 0. The Balaban J connectivity index is 2.00. The molecule has 1 nitrogen and oxygen atoms in total. The third-order valence-corrected chi connectivity index (χ3v) is 1.26. The van der Waals surface area contributed by atoms with Crippen LogP contribution in [-0.2, 0) is 4.18 Å². The second-order valence-electron chi connectivity index (χ2n) is 1.08. The van der Waals surface area contributed by atoms with E-state index in [0.29, 0.717) is 0 Å². The van der Waals surface area contributed by atoms with Crippen molar-refractivity contribution in [3.8, 4) is 0 Å². The van der Waals surface area contributed by atoms with Gasteiger partial charge in [0.25, 0.3) is 0 Å². The first-order valence-corrected chi connectivity index (χ1v) is 2.86. The van der Waals surface area contributed by atoms with Crippen LogP contribution < -0.4 is 0 Å². The first-order valence-electron chi connectivity index (χ1n) is 1.95. The van der Waals surface area contributed by atoms with E-state index in [1.807, 2.05) is 0 Å². The van der Waals surface area contributed by atoms with E-state index in [-0.39, 0.29) is 0 Å². The van der Waals surface area contributed by atoms with E-state index in [9.17, 15) is 0 Å². The van der Waals surface area contributed by atoms with Gasteiger partial charge in [0.2, 0.25) is 0 Å². The molecule has 1 saturated heterocycles. The van der Waals surface area contributed by atoms with Crippen molar-refractivity contribution in [1.82, 2.24) is 0 Å². The van der Waals surface area contributed by atoms with Gasteiger partial charge in [-0.1, -0.05) is 0 Å². The molecule has 2 radical (unpaired) electrons. The summed E-state index contributed by atoms with van der Waals surface area (Å²) in [4.78, 5) is 0. The molecule has 1 heterocycles. The Morgan fingerprint density at radius 1 is 1.67 bits per heavy atom. The van der Waals surface area contributed by atoms with E-state index < -0.39 is 0 Å². The fraction of sp³-hybridized carbons (Fsp3) is 0.750. The van der Waals surface area contributed by atoms with Crippen molar-refractivity contribution in [2.45, 2.75) is 6.42 Å². The quantitative estimate of drug-likeness (QED) is 0.424. The number of hydrogen-bond acceptors (Lipinski definition) is 2. The lowest BCUT2D eigenvalue weighted by atomic mass is 10.4. The monoisotopic (exact) mass is 102 g/mol. The Bertz CT molecular complexity index is 23.0. The Hall–Kier alpha value is 0.310. The molecule has 1 fully saturated rings. The Morgan fingerprint density at radius 2 is 2.67 bits per heavy atom. The summed E-state index contributed by atoms with van der Waals surface area (Å²) in [6.07, 6.45) is 4.13. The van der Waals surface area contributed by atoms with Gasteiger partial charge in [-0.05, 0) is 24.9 Å². The molecule has 0 aromatic rings. The van der Waals surface area contributed by atoms with Gasteiger partial charge in [0.1, 0.15) is 0 Å². The zero-order chi connectivity index (χ0) is 4.24. The zero-order valence-electron chi connectivity index (χ0n) is 3.44. The van der Waals surface area contributed by atoms with Crippen LogP contribution in [-0.4, -0.2) is 12.4 Å². The van der Waals surface area contributed by atoms with Crippen LogP contribution in [0.1, 0.15) is 6.42 Å². The van der Waals surface area contributed by atoms with Crippen molar-refractivity contribution in [1.29, 1.82) is 0 Å². The summed E-state index contributed by atoms with van der Waals surface area (Å²) in [6.45, 7) is 0.852. The Morgan fingerprint density at radius 3 is 2.83 bits per heavy atom. The van der Waals surface area contributed by atoms with Gasteiger partial charge in [0.15, 0.2) is 0 Å². The molecule has 0 atom stereocenters. The number of rotatable bonds is 0. The van der Waals surface area contributed by atoms with Gasteiger partial charge < -0.3 is 4.18 Å². The molecule has 1 aliphatic heterocycles. The molecule has 6 heavy (non-hydrogen) atoms. The minimum Gasteiger partial charge on any atom is -0.315 e. The van der Waals surface area contributed by atoms with Crippen LogP contribution >= 0.6 is 12.0 Å². The molecule has 1 rings (SSSR count). The average molecular weight is 102 g/mol. The molecule has 0 amide bonds. The van der Waals surface area contributed by atoms with Crippen molar-refractivity contribution in [2.24, 2.45) is 0 Å². The first-order chi connectivity index (χ1) is 3.00. The first kappa shape index (κ1) is 4.47. The second-order valence-corrected chi connectivity index (χ2v) is 1.84. The van der Waals surface area contributed by atoms with Crippen LogP contribution in [0.15, 0.2) is 0 Å². The van der Waals surface area contributed by atoms with Crippen LogP contribution in [0.3, 0.4) is 0 Å². The zero-order valence-corrected chi connectivity index (χ0v) is 4.25. The van der Waals surface area contributed by atoms with Gasteiger partial charge in [-0.25, -0.2) is 0 Å². The smallest absolute Gasteiger partial charge is 0.0619 e. The molecule has 0 spiro atoms. The minimum absolute atomic E-state index is 0.852. The molecule has 0 aromatic carbocycles. The third kappa shape index (κ3) is 1.19. The van der Waals surface area contributed by atoms with Crippen LogP contribution in [0.2, 0.25) is 0 Å². The topological polar surface area (TPSA) is 9.23 Å². The van der Waals surface area contributed by atoms with Gasteiger partial charge in [-0.2, -0.15) is 0 Å². The lowest BCUT2D eigenvalue weighted by Crippen LogP contribution is -1.96. The van der Waals surface area contributed by atoms with E-state index in [2.05, 4.69) is 6.42 Å². The van der Waals surface area contributed by atoms with Crippen molar-refractivity contribution < 1.29 is 4.18 Å². The van der Waals surface area contributed by atoms with Gasteiger partial charge in [0.05, 0.1) is 6.61 Å². The van der Waals surface area contributed by atoms with Crippen molar-refractivity contribution in [2.75, 3.05) is 12.4 Å². The van der Waals surface area contributed by atoms with Crippen molar-refractivity contribution >= 4 is 12.0 Å². The third-order valence-electron chi connectivity index (χ3n) is 0.606. The minimum atomic E-state index is 0.852. The molecule has 0 saturated carbocycles. The molecule has 0 unspecified atom stereocenters. The van der Waals surface area contributed by atoms with E-state index in [1.165, 1.54) is 12.0 Å². The number of hydrogen-bond donors (Lipinski definition) is 0. The van der Waals surface area contributed by atoms with Crippen molar-refractivity contribution in [3.63, 3.8) is 0 Å². The lowest BCUT2D eigenvalue weighted by Gasteiger charge is -2.05. The van der Waals surface area contributed by atoms with E-state index in [1.54, 1.807) is 0 Å². The highest BCUT2D eigenvalue weighted by Gasteiger charge is 1.97. The normalized spacial score (nSPS) is 24.0. The molecule has 0 aromatic heterocycles. The SMILES string of the molecule is [C]1CCOSC1. The molecule has 34 valence electrons. The summed E-state index contributed by atoms with van der Waals surface area (Å²) < 4.78 is 4.92. The van der Waals surface area contributed by atoms with Crippen LogP contribution in [0.5, 0.6) is 0 Å². The maximum atomic E-state index is 4.92. The highest BCUT2D eigenvalue weighted by atomic mass is 32.2. The van der Waals surface area contributed by atoms with Crippen molar-refractivity contribution in [3.05, 3.63) is 6.42 Å². The average Bonchev–Trinajstić information content (AvgIpc) is 1.72. The summed E-state index contributed by atoms with van der Waals surface area (Å²) >= 11 is 1.48. The lowest BCUT2D eigenvalue weighted by molar-refractivity contribution is 0.367. The predicted molar refractivity (Wildman–Crippen MR) is 26.3 cm³/mol. The summed E-state index contributed by atoms with van der Waals surface area (Å²) in [5.74, 6) is 0.944. The van der Waals surface area contributed by atoms with Crippen LogP contribution in [0, 0.1) is 6.42 Å². The summed E-state index contributed by atoms with van der Waals surface area (Å²) in [5.41, 5.74) is 0. The fourth-order valence-electron chi connectivity index (χ4n) is 0.328. The molecule has 1 aliphatic rings. The van der Waals surface area contributed by atoms with Crippen LogP contribution in [0.4, 0.5) is 0 Å². The largest absolute Gasteiger partial charge is 0.315 e. The van der Waals surface area contributed by atoms with E-state index in [0.717, 1.165) is 18.8 Å². The molecule has 0 N–H and O–H groups in total. The second kappa shape index (κ2) is 2.48. The van der Waals surface area contributed by atoms with E-state index in [4.69, 9.17) is 4.18 Å². The standard InChI is InChI=1S/C4H6OS/c1-2-4-6-5-3-1/h1,3-4H2. The predicted octanol–water partition coefficient (Wildman–Crippen LogP) is 1.14. The van der Waals surface area contributed by atoms with E-state index >= 15 is 0 Å². The maximum Gasteiger partial charge on any atom is 0.0619 e. The molecular weight excluding hydrogens is 96.1 g/mol. The van der Waals surface area contributed by atoms with Gasteiger partial charge in [0, 0.05) is 5.75 Å². The van der Waals surface area contributed by atoms with Gasteiger partial charge in [-0.15, -0.1) is 0 Å². The summed E-state index contributed by atoms with van der Waals surface area (Å²) in [5, 5.41) is 0. The molecule has 2 heteroatoms. The Labute approximate surface area is 42.3 Å². The van der Waals surface area contributed by atoms with Crippen LogP contribution in [0.25, 0.3) is 0 Å². The van der Waals surface area contributed by atoms with Gasteiger partial charge >= 0.3 is 0 Å². The summed E-state index contributed by atoms with van der Waals surface area (Å²) in [6, 6.07) is 0. The Kier molecular flexibility index (Phi) is 1.85. The molecule has 0 bridgehead atoms. The highest BCUT2D eigenvalue weighted by Crippen LogP contribution is 2.11. The fourth-order valence-corrected chi connectivity index (χ4v) is 0.840. The molecular formula is C4H6OS. The molecule has 0 aliphatic carbocycles.